The number of aromatic hydroxyl groups is 2. The minimum Gasteiger partial charge on any atom is -0.508 e. The molecule has 3 N–H and O–H groups in total. The van der Waals surface area contributed by atoms with Crippen LogP contribution in [0.1, 0.15) is 11.1 Å². The smallest absolute Gasteiger partial charge is 0.128 e. The molecule has 0 aliphatic rings. The van der Waals surface area contributed by atoms with Crippen LogP contribution in [0.5, 0.6) is 11.5 Å². The first-order valence-electron chi connectivity index (χ1n) is 5.65. The van der Waals surface area contributed by atoms with Crippen LogP contribution in [0.4, 0.5) is 5.69 Å². The summed E-state index contributed by atoms with van der Waals surface area (Å²) in [5, 5.41) is 23.2. The van der Waals surface area contributed by atoms with E-state index in [-0.39, 0.29) is 17.4 Å². The van der Waals surface area contributed by atoms with Crippen molar-refractivity contribution >= 4 is 23.5 Å². The maximum Gasteiger partial charge on any atom is 0.128 e. The summed E-state index contributed by atoms with van der Waals surface area (Å²) in [7, 11) is 0. The van der Waals surface area contributed by atoms with Crippen LogP contribution in [-0.4, -0.2) is 16.4 Å². The Morgan fingerprint density at radius 1 is 1.16 bits per heavy atom. The summed E-state index contributed by atoms with van der Waals surface area (Å²) < 4.78 is 0. The van der Waals surface area contributed by atoms with Gasteiger partial charge in [0, 0.05) is 17.5 Å². The Balaban J connectivity index is 2.19. The normalized spacial score (nSPS) is 10.8. The molecule has 0 aromatic heterocycles. The molecule has 0 saturated carbocycles. The third-order valence-electron chi connectivity index (χ3n) is 2.53. The lowest BCUT2D eigenvalue weighted by atomic mass is 10.1. The predicted octanol–water partition coefficient (Wildman–Crippen LogP) is 3.28. The number of rotatable bonds is 4. The summed E-state index contributed by atoms with van der Waals surface area (Å²) >= 11 is 5.77. The molecule has 0 heterocycles. The highest BCUT2D eigenvalue weighted by Crippen LogP contribution is 2.27. The van der Waals surface area contributed by atoms with Gasteiger partial charge in [-0.05, 0) is 23.8 Å². The molecular weight excluding hydrogens is 264 g/mol. The summed E-state index contributed by atoms with van der Waals surface area (Å²) in [6.45, 7) is 0. The van der Waals surface area contributed by atoms with Crippen molar-refractivity contribution < 1.29 is 10.2 Å². The quantitative estimate of drug-likeness (QED) is 0.456. The third-order valence-corrected chi connectivity index (χ3v) is 2.82. The van der Waals surface area contributed by atoms with Gasteiger partial charge in [-0.1, -0.05) is 18.2 Å². The van der Waals surface area contributed by atoms with E-state index in [1.54, 1.807) is 0 Å². The molecule has 2 aromatic rings. The van der Waals surface area contributed by atoms with Gasteiger partial charge in [-0.2, -0.15) is 5.10 Å². The van der Waals surface area contributed by atoms with Gasteiger partial charge < -0.3 is 10.2 Å². The molecule has 0 bridgehead atoms. The number of phenols is 2. The molecule has 0 unspecified atom stereocenters. The number of halogens is 1. The summed E-state index contributed by atoms with van der Waals surface area (Å²) in [6, 6.07) is 12.2. The maximum absolute atomic E-state index is 9.76. The highest BCUT2D eigenvalue weighted by Gasteiger charge is 2.07. The molecule has 2 rings (SSSR count). The molecule has 0 fully saturated rings. The molecule has 98 valence electrons. The number of para-hydroxylation sites is 1. The number of anilines is 1. The van der Waals surface area contributed by atoms with Crippen LogP contribution in [-0.2, 0) is 5.88 Å². The third kappa shape index (κ3) is 3.39. The number of nitrogens with one attached hydrogen (secondary N) is 1. The molecule has 5 heteroatoms. The van der Waals surface area contributed by atoms with Crippen LogP contribution in [0.25, 0.3) is 0 Å². The minimum absolute atomic E-state index is 0.0266. The zero-order valence-electron chi connectivity index (χ0n) is 10.0. The van der Waals surface area contributed by atoms with E-state index in [1.807, 2.05) is 30.3 Å². The number of hydrogen-bond acceptors (Lipinski definition) is 4. The molecule has 19 heavy (non-hydrogen) atoms. The fourth-order valence-corrected chi connectivity index (χ4v) is 1.85. The van der Waals surface area contributed by atoms with Crippen molar-refractivity contribution in [2.24, 2.45) is 5.10 Å². The molecule has 2 aromatic carbocycles. The fourth-order valence-electron chi connectivity index (χ4n) is 1.62. The summed E-state index contributed by atoms with van der Waals surface area (Å²) in [5.74, 6) is 0.0878. The van der Waals surface area contributed by atoms with Crippen LogP contribution in [0.3, 0.4) is 0 Å². The van der Waals surface area contributed by atoms with Crippen LogP contribution in [0.2, 0.25) is 0 Å². The second-order valence-electron chi connectivity index (χ2n) is 3.91. The van der Waals surface area contributed by atoms with Crippen LogP contribution >= 0.6 is 11.6 Å². The van der Waals surface area contributed by atoms with Gasteiger partial charge in [0.25, 0.3) is 0 Å². The van der Waals surface area contributed by atoms with E-state index in [0.29, 0.717) is 11.1 Å². The molecular formula is C14H13ClN2O2. The summed E-state index contributed by atoms with van der Waals surface area (Å²) in [6.07, 6.45) is 1.47. The lowest BCUT2D eigenvalue weighted by Gasteiger charge is -2.06. The molecule has 4 nitrogen and oxygen atoms in total. The van der Waals surface area contributed by atoms with E-state index in [2.05, 4.69) is 10.5 Å². The zero-order chi connectivity index (χ0) is 13.7. The molecule has 0 aliphatic heterocycles. The Kier molecular flexibility index (Phi) is 4.26. The minimum atomic E-state index is -0.0609. The van der Waals surface area contributed by atoms with Crippen molar-refractivity contribution in [1.29, 1.82) is 0 Å². The van der Waals surface area contributed by atoms with E-state index in [1.165, 1.54) is 18.3 Å². The van der Waals surface area contributed by atoms with Gasteiger partial charge in [-0.3, -0.25) is 5.43 Å². The van der Waals surface area contributed by atoms with Gasteiger partial charge in [0.05, 0.1) is 11.9 Å². The van der Waals surface area contributed by atoms with Gasteiger partial charge in [-0.25, -0.2) is 0 Å². The number of alkyl halides is 1. The second kappa shape index (κ2) is 6.11. The van der Waals surface area contributed by atoms with Crippen molar-refractivity contribution in [3.05, 3.63) is 53.6 Å². The average molecular weight is 277 g/mol. The largest absolute Gasteiger partial charge is 0.508 e. The van der Waals surface area contributed by atoms with Crippen LogP contribution in [0, 0.1) is 0 Å². The fraction of sp³-hybridized carbons (Fsp3) is 0.0714. The number of nitrogens with zero attached hydrogens (tertiary/aromatic N) is 1. The van der Waals surface area contributed by atoms with Gasteiger partial charge in [0.15, 0.2) is 0 Å². The topological polar surface area (TPSA) is 64.8 Å². The molecule has 0 atom stereocenters. The summed E-state index contributed by atoms with van der Waals surface area (Å²) in [5.41, 5.74) is 4.77. The number of benzene rings is 2. The Hall–Kier alpha value is -2.20. The molecule has 0 radical (unpaired) electrons. The first-order valence-corrected chi connectivity index (χ1v) is 6.19. The van der Waals surface area contributed by atoms with E-state index in [9.17, 15) is 10.2 Å². The van der Waals surface area contributed by atoms with Crippen molar-refractivity contribution in [3.8, 4) is 11.5 Å². The highest BCUT2D eigenvalue weighted by atomic mass is 35.5. The Bertz CT molecular complexity index is 585. The van der Waals surface area contributed by atoms with Gasteiger partial charge in [0.2, 0.25) is 0 Å². The van der Waals surface area contributed by atoms with Gasteiger partial charge >= 0.3 is 0 Å². The first kappa shape index (κ1) is 13.2. The standard InChI is InChI=1S/C14H13ClN2O2/c15-8-10-6-12(18)7-14(19)13(10)9-16-17-11-4-2-1-3-5-11/h1-7,9,17-19H,8H2. The Labute approximate surface area is 116 Å². The van der Waals surface area contributed by atoms with Crippen LogP contribution < -0.4 is 5.43 Å². The molecule has 0 spiro atoms. The summed E-state index contributed by atoms with van der Waals surface area (Å²) in [4.78, 5) is 0. The van der Waals surface area contributed by atoms with Crippen LogP contribution in [0.15, 0.2) is 47.6 Å². The van der Waals surface area contributed by atoms with Crippen molar-refractivity contribution in [2.75, 3.05) is 5.43 Å². The SMILES string of the molecule is Oc1cc(O)c(C=NNc2ccccc2)c(CCl)c1. The van der Waals surface area contributed by atoms with Crippen molar-refractivity contribution in [2.45, 2.75) is 5.88 Å². The van der Waals surface area contributed by atoms with Gasteiger partial charge in [-0.15, -0.1) is 11.6 Å². The molecule has 0 saturated heterocycles. The monoisotopic (exact) mass is 276 g/mol. The Morgan fingerprint density at radius 2 is 1.89 bits per heavy atom. The second-order valence-corrected chi connectivity index (χ2v) is 4.17. The number of hydrazone groups is 1. The lowest BCUT2D eigenvalue weighted by molar-refractivity contribution is 0.449. The number of hydrogen-bond donors (Lipinski definition) is 3. The molecule has 0 aliphatic carbocycles. The van der Waals surface area contributed by atoms with E-state index in [4.69, 9.17) is 11.6 Å². The van der Waals surface area contributed by atoms with E-state index in [0.717, 1.165) is 5.69 Å². The van der Waals surface area contributed by atoms with Crippen molar-refractivity contribution in [3.63, 3.8) is 0 Å². The first-order chi connectivity index (χ1) is 9.20. The van der Waals surface area contributed by atoms with Crippen molar-refractivity contribution in [1.82, 2.24) is 0 Å². The average Bonchev–Trinajstić information content (AvgIpc) is 2.42. The number of phenolic OH excluding ortho intramolecular Hbond substituents is 2. The zero-order valence-corrected chi connectivity index (χ0v) is 10.8. The maximum atomic E-state index is 9.76. The van der Waals surface area contributed by atoms with E-state index >= 15 is 0 Å². The van der Waals surface area contributed by atoms with E-state index < -0.39 is 0 Å². The molecule has 0 amide bonds. The Morgan fingerprint density at radius 3 is 2.58 bits per heavy atom. The predicted molar refractivity (Wildman–Crippen MR) is 77.0 cm³/mol. The lowest BCUT2D eigenvalue weighted by Crippen LogP contribution is -1.94. The van der Waals surface area contributed by atoms with Gasteiger partial charge in [0.1, 0.15) is 11.5 Å². The highest BCUT2D eigenvalue weighted by molar-refractivity contribution is 6.17.